The lowest BCUT2D eigenvalue weighted by Gasteiger charge is -2.34. The number of piperazine rings is 1. The van der Waals surface area contributed by atoms with E-state index in [4.69, 9.17) is 11.6 Å². The van der Waals surface area contributed by atoms with Crippen molar-refractivity contribution in [2.24, 2.45) is 0 Å². The number of carbonyl (C=O) groups is 1. The Hall–Kier alpha value is -2.89. The minimum Gasteiger partial charge on any atom is -0.336 e. The lowest BCUT2D eigenvalue weighted by atomic mass is 10.1. The van der Waals surface area contributed by atoms with Crippen LogP contribution in [0.3, 0.4) is 0 Å². The molecule has 1 saturated heterocycles. The van der Waals surface area contributed by atoms with Crippen molar-refractivity contribution in [2.45, 2.75) is 11.1 Å². The van der Waals surface area contributed by atoms with Crippen LogP contribution in [0.15, 0.2) is 65.8 Å². The van der Waals surface area contributed by atoms with E-state index >= 15 is 0 Å². The van der Waals surface area contributed by atoms with Crippen LogP contribution in [0.4, 0.5) is 13.2 Å². The smallest absolute Gasteiger partial charge is 0.336 e. The van der Waals surface area contributed by atoms with Crippen molar-refractivity contribution >= 4 is 27.5 Å². The fourth-order valence-corrected chi connectivity index (χ4v) is 5.20. The zero-order chi connectivity index (χ0) is 23.8. The highest BCUT2D eigenvalue weighted by Crippen LogP contribution is 2.36. The van der Waals surface area contributed by atoms with Gasteiger partial charge in [0.1, 0.15) is 0 Å². The Morgan fingerprint density at radius 1 is 1.00 bits per heavy atom. The minimum atomic E-state index is -4.78. The monoisotopic (exact) mass is 498 g/mol. The van der Waals surface area contributed by atoms with Gasteiger partial charge in [0.05, 0.1) is 21.2 Å². The molecule has 0 spiro atoms. The summed E-state index contributed by atoms with van der Waals surface area (Å²) in [4.78, 5) is 13.8. The van der Waals surface area contributed by atoms with Crippen molar-refractivity contribution in [1.29, 1.82) is 0 Å². The van der Waals surface area contributed by atoms with E-state index in [0.29, 0.717) is 11.6 Å². The van der Waals surface area contributed by atoms with Gasteiger partial charge >= 0.3 is 6.18 Å². The molecule has 174 valence electrons. The van der Waals surface area contributed by atoms with Crippen molar-refractivity contribution in [2.75, 3.05) is 26.2 Å². The quantitative estimate of drug-likeness (QED) is 0.550. The summed E-state index contributed by atoms with van der Waals surface area (Å²) in [5, 5.41) is 3.55. The first-order valence-electron chi connectivity index (χ1n) is 9.83. The third-order valence-electron chi connectivity index (χ3n) is 5.29. The van der Waals surface area contributed by atoms with Gasteiger partial charge in [-0.1, -0.05) is 11.6 Å². The Bertz CT molecular complexity index is 1250. The van der Waals surface area contributed by atoms with Gasteiger partial charge in [0, 0.05) is 44.1 Å². The number of sulfonamides is 1. The van der Waals surface area contributed by atoms with Crippen molar-refractivity contribution in [1.82, 2.24) is 19.0 Å². The third-order valence-corrected chi connectivity index (χ3v) is 7.51. The number of carbonyl (C=O) groups excluding carboxylic acids is 1. The van der Waals surface area contributed by atoms with Gasteiger partial charge in [-0.3, -0.25) is 4.79 Å². The van der Waals surface area contributed by atoms with Crippen LogP contribution in [0, 0.1) is 0 Å². The lowest BCUT2D eigenvalue weighted by molar-refractivity contribution is -0.137. The van der Waals surface area contributed by atoms with Gasteiger partial charge in [0.25, 0.3) is 5.91 Å². The molecule has 0 saturated carbocycles. The van der Waals surface area contributed by atoms with Gasteiger partial charge in [-0.25, -0.2) is 13.1 Å². The van der Waals surface area contributed by atoms with Crippen molar-refractivity contribution < 1.29 is 26.4 Å². The summed E-state index contributed by atoms with van der Waals surface area (Å²) in [6.07, 6.45) is -1.36. The topological polar surface area (TPSA) is 75.5 Å². The van der Waals surface area contributed by atoms with Crippen molar-refractivity contribution in [3.05, 3.63) is 77.1 Å². The first-order chi connectivity index (χ1) is 15.6. The fraction of sp³-hybridized carbons (Fsp3) is 0.238. The molecule has 3 aromatic rings. The summed E-state index contributed by atoms with van der Waals surface area (Å²) in [6, 6.07) is 11.1. The molecule has 12 heteroatoms. The largest absolute Gasteiger partial charge is 0.417 e. The molecule has 4 rings (SSSR count). The number of hydrogen-bond acceptors (Lipinski definition) is 4. The number of alkyl halides is 3. The van der Waals surface area contributed by atoms with Gasteiger partial charge in [-0.05, 0) is 48.5 Å². The molecule has 0 N–H and O–H groups in total. The Kier molecular flexibility index (Phi) is 6.21. The SMILES string of the molecule is O=C(c1ccc(-n2cccn2)cc1)N1CCN(S(=O)(=O)c2ccc(Cl)c(C(F)(F)F)c2)CC1. The minimum absolute atomic E-state index is 0.0383. The van der Waals surface area contributed by atoms with Crippen molar-refractivity contribution in [3.63, 3.8) is 0 Å². The zero-order valence-corrected chi connectivity index (χ0v) is 18.6. The summed E-state index contributed by atoms with van der Waals surface area (Å²) >= 11 is 5.59. The molecule has 1 aliphatic rings. The van der Waals surface area contributed by atoms with Gasteiger partial charge in [-0.15, -0.1) is 0 Å². The number of amides is 1. The molecule has 1 amide bonds. The molecule has 0 radical (unpaired) electrons. The summed E-state index contributed by atoms with van der Waals surface area (Å²) in [7, 11) is -4.18. The Labute approximate surface area is 193 Å². The van der Waals surface area contributed by atoms with Gasteiger partial charge in [-0.2, -0.15) is 22.6 Å². The van der Waals surface area contributed by atoms with Crippen LogP contribution in [-0.4, -0.2) is 59.5 Å². The van der Waals surface area contributed by atoms with E-state index in [1.807, 2.05) is 0 Å². The van der Waals surface area contributed by atoms with E-state index < -0.39 is 31.7 Å². The first kappa shape index (κ1) is 23.3. The van der Waals surface area contributed by atoms with Crippen LogP contribution < -0.4 is 0 Å². The van der Waals surface area contributed by atoms with Crippen LogP contribution in [0.5, 0.6) is 0 Å². The van der Waals surface area contributed by atoms with E-state index in [-0.39, 0.29) is 32.1 Å². The van der Waals surface area contributed by atoms with Crippen LogP contribution >= 0.6 is 11.6 Å². The van der Waals surface area contributed by atoms with E-state index in [2.05, 4.69) is 5.10 Å². The van der Waals surface area contributed by atoms with Crippen LogP contribution in [0.1, 0.15) is 15.9 Å². The number of hydrogen-bond donors (Lipinski definition) is 0. The van der Waals surface area contributed by atoms with E-state index in [1.165, 1.54) is 4.90 Å². The molecule has 2 aromatic carbocycles. The van der Waals surface area contributed by atoms with Gasteiger partial charge < -0.3 is 4.90 Å². The number of rotatable bonds is 4. The van der Waals surface area contributed by atoms with Crippen LogP contribution in [0.2, 0.25) is 5.02 Å². The second-order valence-electron chi connectivity index (χ2n) is 7.33. The maximum atomic E-state index is 13.1. The molecule has 0 bridgehead atoms. The number of nitrogens with zero attached hydrogens (tertiary/aromatic N) is 4. The molecule has 2 heterocycles. The summed E-state index contributed by atoms with van der Waals surface area (Å²) in [5.74, 6) is -0.259. The fourth-order valence-electron chi connectivity index (χ4n) is 3.52. The molecule has 33 heavy (non-hydrogen) atoms. The first-order valence-corrected chi connectivity index (χ1v) is 11.7. The second kappa shape index (κ2) is 8.81. The molecule has 1 aliphatic heterocycles. The maximum Gasteiger partial charge on any atom is 0.417 e. The number of aromatic nitrogens is 2. The third kappa shape index (κ3) is 4.75. The highest BCUT2D eigenvalue weighted by molar-refractivity contribution is 7.89. The Morgan fingerprint density at radius 3 is 2.24 bits per heavy atom. The molecular formula is C21H18ClF3N4O3S. The lowest BCUT2D eigenvalue weighted by Crippen LogP contribution is -2.50. The highest BCUT2D eigenvalue weighted by Gasteiger charge is 2.36. The zero-order valence-electron chi connectivity index (χ0n) is 17.0. The molecular weight excluding hydrogens is 481 g/mol. The van der Waals surface area contributed by atoms with E-state index in [0.717, 1.165) is 22.1 Å². The molecule has 1 aromatic heterocycles. The standard InChI is InChI=1S/C21H18ClF3N4O3S/c22-19-7-6-17(14-18(19)21(23,24)25)33(31,32)28-12-10-27(11-13-28)20(30)15-2-4-16(5-3-15)29-9-1-8-26-29/h1-9,14H,10-13H2. The van der Waals surface area contributed by atoms with Gasteiger partial charge in [0.2, 0.25) is 10.0 Å². The molecule has 0 aliphatic carbocycles. The Balaban J connectivity index is 1.44. The molecule has 0 atom stereocenters. The average molecular weight is 499 g/mol. The molecule has 1 fully saturated rings. The molecule has 7 nitrogen and oxygen atoms in total. The number of halogens is 4. The molecule has 0 unspecified atom stereocenters. The van der Waals surface area contributed by atoms with E-state index in [9.17, 15) is 26.4 Å². The summed E-state index contributed by atoms with van der Waals surface area (Å²) < 4.78 is 67.8. The average Bonchev–Trinajstić information content (AvgIpc) is 3.33. The second-order valence-corrected chi connectivity index (χ2v) is 9.68. The van der Waals surface area contributed by atoms with Crippen molar-refractivity contribution in [3.8, 4) is 5.69 Å². The normalized spacial score (nSPS) is 15.6. The predicted octanol–water partition coefficient (Wildman–Crippen LogP) is 3.69. The van der Waals surface area contributed by atoms with Gasteiger partial charge in [0.15, 0.2) is 0 Å². The van der Waals surface area contributed by atoms with Crippen LogP contribution in [0.25, 0.3) is 5.69 Å². The maximum absolute atomic E-state index is 13.1. The van der Waals surface area contributed by atoms with Crippen LogP contribution in [-0.2, 0) is 16.2 Å². The Morgan fingerprint density at radius 2 is 1.67 bits per heavy atom. The number of benzene rings is 2. The summed E-state index contributed by atoms with van der Waals surface area (Å²) in [6.45, 7) is 0.143. The summed E-state index contributed by atoms with van der Waals surface area (Å²) in [5.41, 5.74) is 0.0148. The predicted molar refractivity (Wildman–Crippen MR) is 115 cm³/mol. The van der Waals surface area contributed by atoms with E-state index in [1.54, 1.807) is 47.4 Å². The highest BCUT2D eigenvalue weighted by atomic mass is 35.5.